The van der Waals surface area contributed by atoms with Crippen molar-refractivity contribution in [1.82, 2.24) is 9.97 Å². The largest absolute Gasteiger partial charge is 0.508 e. The summed E-state index contributed by atoms with van der Waals surface area (Å²) in [5, 5.41) is 9.44. The van der Waals surface area contributed by atoms with Gasteiger partial charge in [-0.05, 0) is 26.0 Å². The van der Waals surface area contributed by atoms with E-state index in [-0.39, 0.29) is 5.75 Å². The van der Waals surface area contributed by atoms with Crippen LogP contribution in [0.25, 0.3) is 11.4 Å². The molecule has 1 heterocycles. The Balaban J connectivity index is 2.54. The molecule has 0 unspecified atom stereocenters. The molecule has 0 aliphatic rings. The van der Waals surface area contributed by atoms with Gasteiger partial charge in [0.25, 0.3) is 0 Å². The highest BCUT2D eigenvalue weighted by Gasteiger charge is 2.08. The van der Waals surface area contributed by atoms with Gasteiger partial charge in [-0.3, -0.25) is 0 Å². The number of nitrogens with zero attached hydrogens (tertiary/aromatic N) is 2. The Morgan fingerprint density at radius 2 is 1.82 bits per heavy atom. The van der Waals surface area contributed by atoms with E-state index in [4.69, 9.17) is 5.73 Å². The molecule has 2 aromatic rings. The first kappa shape index (κ1) is 11.5. The topological polar surface area (TPSA) is 72.0 Å². The van der Waals surface area contributed by atoms with Crippen LogP contribution in [0.1, 0.15) is 17.0 Å². The Kier molecular flexibility index (Phi) is 3.06. The zero-order valence-electron chi connectivity index (χ0n) is 9.94. The first-order valence-electron chi connectivity index (χ1n) is 5.45. The Bertz CT molecular complexity index is 529. The predicted octanol–water partition coefficient (Wildman–Crippen LogP) is 1.92. The average Bonchev–Trinajstić information content (AvgIpc) is 2.28. The van der Waals surface area contributed by atoms with Gasteiger partial charge >= 0.3 is 0 Å². The summed E-state index contributed by atoms with van der Waals surface area (Å²) < 4.78 is 0. The van der Waals surface area contributed by atoms with E-state index < -0.39 is 0 Å². The molecular formula is C13H15N3O. The van der Waals surface area contributed by atoms with Crippen molar-refractivity contribution in [3.05, 3.63) is 41.2 Å². The van der Waals surface area contributed by atoms with E-state index in [2.05, 4.69) is 9.97 Å². The van der Waals surface area contributed by atoms with E-state index in [1.807, 2.05) is 19.9 Å². The molecular weight excluding hydrogens is 214 g/mol. The van der Waals surface area contributed by atoms with Crippen LogP contribution >= 0.6 is 0 Å². The summed E-state index contributed by atoms with van der Waals surface area (Å²) in [4.78, 5) is 8.83. The third kappa shape index (κ3) is 2.26. The van der Waals surface area contributed by atoms with Crippen LogP contribution in [-0.4, -0.2) is 15.1 Å². The highest BCUT2D eigenvalue weighted by atomic mass is 16.3. The van der Waals surface area contributed by atoms with Gasteiger partial charge in [0.15, 0.2) is 5.82 Å². The van der Waals surface area contributed by atoms with Crippen LogP contribution in [-0.2, 0) is 6.54 Å². The molecule has 1 aromatic carbocycles. The molecule has 1 aromatic heterocycles. The van der Waals surface area contributed by atoms with Gasteiger partial charge < -0.3 is 10.8 Å². The quantitative estimate of drug-likeness (QED) is 0.825. The highest BCUT2D eigenvalue weighted by Crippen LogP contribution is 2.21. The maximum absolute atomic E-state index is 9.44. The van der Waals surface area contributed by atoms with Crippen molar-refractivity contribution in [3.63, 3.8) is 0 Å². The van der Waals surface area contributed by atoms with Gasteiger partial charge in [-0.1, -0.05) is 12.1 Å². The number of phenols is 1. The number of aromatic nitrogens is 2. The summed E-state index contributed by atoms with van der Waals surface area (Å²) in [6.07, 6.45) is 0. The zero-order valence-corrected chi connectivity index (χ0v) is 9.94. The van der Waals surface area contributed by atoms with Gasteiger partial charge in [0, 0.05) is 29.1 Å². The molecule has 0 atom stereocenters. The van der Waals surface area contributed by atoms with Gasteiger partial charge in [0.05, 0.1) is 0 Å². The molecule has 88 valence electrons. The van der Waals surface area contributed by atoms with Crippen molar-refractivity contribution in [1.29, 1.82) is 0 Å². The summed E-state index contributed by atoms with van der Waals surface area (Å²) in [7, 11) is 0. The number of benzene rings is 1. The minimum atomic E-state index is 0.212. The van der Waals surface area contributed by atoms with Gasteiger partial charge in [-0.2, -0.15) is 0 Å². The fourth-order valence-corrected chi connectivity index (χ4v) is 1.81. The second-order valence-electron chi connectivity index (χ2n) is 3.95. The van der Waals surface area contributed by atoms with Crippen molar-refractivity contribution in [2.75, 3.05) is 0 Å². The number of aryl methyl sites for hydroxylation is 2. The number of hydrogen-bond acceptors (Lipinski definition) is 4. The molecule has 0 spiro atoms. The molecule has 4 heteroatoms. The Labute approximate surface area is 100 Å². The third-order valence-corrected chi connectivity index (χ3v) is 2.73. The maximum atomic E-state index is 9.44. The molecule has 0 saturated carbocycles. The highest BCUT2D eigenvalue weighted by molar-refractivity contribution is 5.58. The lowest BCUT2D eigenvalue weighted by molar-refractivity contribution is 0.475. The SMILES string of the molecule is Cc1nc(-c2cccc(O)c2)nc(C)c1CN. The van der Waals surface area contributed by atoms with E-state index in [1.54, 1.807) is 18.2 Å². The molecule has 17 heavy (non-hydrogen) atoms. The molecule has 2 rings (SSSR count). The molecule has 0 radical (unpaired) electrons. The molecule has 4 nitrogen and oxygen atoms in total. The molecule has 0 aliphatic heterocycles. The first-order chi connectivity index (χ1) is 8.11. The molecule has 0 aliphatic carbocycles. The fraction of sp³-hybridized carbons (Fsp3) is 0.231. The van der Waals surface area contributed by atoms with Gasteiger partial charge in [0.1, 0.15) is 5.75 Å². The molecule has 0 amide bonds. The number of phenolic OH excluding ortho intramolecular Hbond substituents is 1. The average molecular weight is 229 g/mol. The molecule has 0 fully saturated rings. The number of nitrogens with two attached hydrogens (primary N) is 1. The summed E-state index contributed by atoms with van der Waals surface area (Å²) in [6, 6.07) is 6.92. The van der Waals surface area contributed by atoms with E-state index in [0.29, 0.717) is 12.4 Å². The van der Waals surface area contributed by atoms with Crippen LogP contribution < -0.4 is 5.73 Å². The van der Waals surface area contributed by atoms with Crippen LogP contribution in [0.5, 0.6) is 5.75 Å². The lowest BCUT2D eigenvalue weighted by Crippen LogP contribution is -2.07. The minimum absolute atomic E-state index is 0.212. The monoisotopic (exact) mass is 229 g/mol. The lowest BCUT2D eigenvalue weighted by atomic mass is 10.1. The van der Waals surface area contributed by atoms with E-state index in [0.717, 1.165) is 22.5 Å². The number of rotatable bonds is 2. The Morgan fingerprint density at radius 1 is 1.18 bits per heavy atom. The second-order valence-corrected chi connectivity index (χ2v) is 3.95. The van der Waals surface area contributed by atoms with Crippen LogP contribution in [0, 0.1) is 13.8 Å². The van der Waals surface area contributed by atoms with Crippen molar-refractivity contribution in [2.45, 2.75) is 20.4 Å². The Hall–Kier alpha value is -1.94. The summed E-state index contributed by atoms with van der Waals surface area (Å²) in [5.41, 5.74) is 9.20. The van der Waals surface area contributed by atoms with Crippen molar-refractivity contribution < 1.29 is 5.11 Å². The van der Waals surface area contributed by atoms with Crippen molar-refractivity contribution >= 4 is 0 Å². The van der Waals surface area contributed by atoms with E-state index >= 15 is 0 Å². The number of aromatic hydroxyl groups is 1. The summed E-state index contributed by atoms with van der Waals surface area (Å²) in [5.74, 6) is 0.831. The van der Waals surface area contributed by atoms with Gasteiger partial charge in [-0.25, -0.2) is 9.97 Å². The Morgan fingerprint density at radius 3 is 2.35 bits per heavy atom. The lowest BCUT2D eigenvalue weighted by Gasteiger charge is -2.09. The van der Waals surface area contributed by atoms with E-state index in [1.165, 1.54) is 0 Å². The van der Waals surface area contributed by atoms with Crippen LogP contribution in [0.2, 0.25) is 0 Å². The van der Waals surface area contributed by atoms with Crippen LogP contribution in [0.15, 0.2) is 24.3 Å². The smallest absolute Gasteiger partial charge is 0.159 e. The minimum Gasteiger partial charge on any atom is -0.508 e. The normalized spacial score (nSPS) is 10.5. The van der Waals surface area contributed by atoms with Crippen LogP contribution in [0.4, 0.5) is 0 Å². The van der Waals surface area contributed by atoms with Crippen LogP contribution in [0.3, 0.4) is 0 Å². The van der Waals surface area contributed by atoms with E-state index in [9.17, 15) is 5.11 Å². The number of hydrogen-bond donors (Lipinski definition) is 2. The first-order valence-corrected chi connectivity index (χ1v) is 5.45. The zero-order chi connectivity index (χ0) is 12.4. The molecule has 0 bridgehead atoms. The van der Waals surface area contributed by atoms with Crippen molar-refractivity contribution in [2.24, 2.45) is 5.73 Å². The maximum Gasteiger partial charge on any atom is 0.159 e. The predicted molar refractivity (Wildman–Crippen MR) is 66.5 cm³/mol. The molecule has 3 N–H and O–H groups in total. The molecule has 0 saturated heterocycles. The summed E-state index contributed by atoms with van der Waals surface area (Å²) in [6.45, 7) is 4.28. The van der Waals surface area contributed by atoms with Crippen molar-refractivity contribution in [3.8, 4) is 17.1 Å². The summed E-state index contributed by atoms with van der Waals surface area (Å²) >= 11 is 0. The second kappa shape index (κ2) is 4.51. The fourth-order valence-electron chi connectivity index (χ4n) is 1.81. The third-order valence-electron chi connectivity index (χ3n) is 2.73. The van der Waals surface area contributed by atoms with Gasteiger partial charge in [0.2, 0.25) is 0 Å². The van der Waals surface area contributed by atoms with Gasteiger partial charge in [-0.15, -0.1) is 0 Å². The standard InChI is InChI=1S/C13H15N3O/c1-8-12(7-14)9(2)16-13(15-8)10-4-3-5-11(17)6-10/h3-6,17H,7,14H2,1-2H3.